The summed E-state index contributed by atoms with van der Waals surface area (Å²) < 4.78 is 5.21. The topological polar surface area (TPSA) is 48.3 Å². The first-order chi connectivity index (χ1) is 9.33. The molecule has 1 aliphatic heterocycles. The number of rotatable bonds is 6. The zero-order chi connectivity index (χ0) is 13.5. The molecule has 0 spiro atoms. The maximum atomic E-state index is 8.92. The van der Waals surface area contributed by atoms with Gasteiger partial charge in [0.2, 0.25) is 0 Å². The highest BCUT2D eigenvalue weighted by Gasteiger charge is 2.10. The predicted molar refractivity (Wildman–Crippen MR) is 75.1 cm³/mol. The molecule has 2 rings (SSSR count). The number of benzene rings is 1. The number of methoxy groups -OCH3 is 1. The maximum Gasteiger partial charge on any atom is 0.136 e. The Balaban J connectivity index is 1.77. The third-order valence-electron chi connectivity index (χ3n) is 3.52. The summed E-state index contributed by atoms with van der Waals surface area (Å²) in [6.45, 7) is 5.42. The SMILES string of the molecule is COc1cc(CNCCN2CCCC2)ccc1C#N. The second-order valence-corrected chi connectivity index (χ2v) is 4.87. The fourth-order valence-electron chi connectivity index (χ4n) is 2.41. The third kappa shape index (κ3) is 3.95. The van der Waals surface area contributed by atoms with E-state index < -0.39 is 0 Å². The molecule has 1 saturated heterocycles. The molecule has 1 aliphatic rings. The highest BCUT2D eigenvalue weighted by atomic mass is 16.5. The fourth-order valence-corrected chi connectivity index (χ4v) is 2.41. The van der Waals surface area contributed by atoms with Gasteiger partial charge in [0.1, 0.15) is 11.8 Å². The van der Waals surface area contributed by atoms with Gasteiger partial charge in [0.25, 0.3) is 0 Å². The molecule has 1 N–H and O–H groups in total. The van der Waals surface area contributed by atoms with Crippen molar-refractivity contribution in [3.05, 3.63) is 29.3 Å². The van der Waals surface area contributed by atoms with Crippen molar-refractivity contribution in [3.63, 3.8) is 0 Å². The molecule has 0 bridgehead atoms. The minimum Gasteiger partial charge on any atom is -0.495 e. The molecule has 4 heteroatoms. The molecule has 102 valence electrons. The van der Waals surface area contributed by atoms with Crippen LogP contribution < -0.4 is 10.1 Å². The summed E-state index contributed by atoms with van der Waals surface area (Å²) in [4.78, 5) is 2.49. The second-order valence-electron chi connectivity index (χ2n) is 4.87. The van der Waals surface area contributed by atoms with Gasteiger partial charge < -0.3 is 15.0 Å². The van der Waals surface area contributed by atoms with Crippen molar-refractivity contribution >= 4 is 0 Å². The summed E-state index contributed by atoms with van der Waals surface area (Å²) >= 11 is 0. The van der Waals surface area contributed by atoms with Crippen LogP contribution in [0.2, 0.25) is 0 Å². The molecular weight excluding hydrogens is 238 g/mol. The van der Waals surface area contributed by atoms with Crippen molar-refractivity contribution in [2.75, 3.05) is 33.3 Å². The molecule has 0 aliphatic carbocycles. The van der Waals surface area contributed by atoms with Crippen LogP contribution in [0, 0.1) is 11.3 Å². The van der Waals surface area contributed by atoms with E-state index in [4.69, 9.17) is 10.00 Å². The van der Waals surface area contributed by atoms with Crippen molar-refractivity contribution in [2.45, 2.75) is 19.4 Å². The van der Waals surface area contributed by atoms with Crippen molar-refractivity contribution in [1.82, 2.24) is 10.2 Å². The van der Waals surface area contributed by atoms with E-state index in [-0.39, 0.29) is 0 Å². The number of likely N-dealkylation sites (tertiary alicyclic amines) is 1. The van der Waals surface area contributed by atoms with Gasteiger partial charge in [0.15, 0.2) is 0 Å². The average molecular weight is 259 g/mol. The molecular formula is C15H21N3O. The summed E-state index contributed by atoms with van der Waals surface area (Å²) in [7, 11) is 1.60. The van der Waals surface area contributed by atoms with Crippen molar-refractivity contribution in [2.24, 2.45) is 0 Å². The Labute approximate surface area is 115 Å². The highest BCUT2D eigenvalue weighted by Crippen LogP contribution is 2.19. The van der Waals surface area contributed by atoms with Crippen LogP contribution >= 0.6 is 0 Å². The van der Waals surface area contributed by atoms with Gasteiger partial charge in [-0.25, -0.2) is 0 Å². The van der Waals surface area contributed by atoms with E-state index in [9.17, 15) is 0 Å². The first-order valence-electron chi connectivity index (χ1n) is 6.83. The Morgan fingerprint density at radius 3 is 2.84 bits per heavy atom. The number of nitrogens with zero attached hydrogens (tertiary/aromatic N) is 2. The largest absolute Gasteiger partial charge is 0.495 e. The van der Waals surface area contributed by atoms with Gasteiger partial charge in [-0.1, -0.05) is 6.07 Å². The van der Waals surface area contributed by atoms with Crippen LogP contribution in [0.1, 0.15) is 24.0 Å². The van der Waals surface area contributed by atoms with E-state index in [1.54, 1.807) is 7.11 Å². The molecule has 4 nitrogen and oxygen atoms in total. The molecule has 1 fully saturated rings. The highest BCUT2D eigenvalue weighted by molar-refractivity contribution is 5.45. The van der Waals surface area contributed by atoms with E-state index in [0.717, 1.165) is 25.2 Å². The number of nitrogens with one attached hydrogen (secondary N) is 1. The summed E-state index contributed by atoms with van der Waals surface area (Å²) in [5, 5.41) is 12.4. The third-order valence-corrected chi connectivity index (χ3v) is 3.52. The first-order valence-corrected chi connectivity index (χ1v) is 6.83. The van der Waals surface area contributed by atoms with Crippen LogP contribution in [0.3, 0.4) is 0 Å². The van der Waals surface area contributed by atoms with Crippen LogP contribution in [0.25, 0.3) is 0 Å². The van der Waals surface area contributed by atoms with E-state index in [2.05, 4.69) is 16.3 Å². The predicted octanol–water partition coefficient (Wildman–Crippen LogP) is 1.75. The normalized spacial score (nSPS) is 15.4. The number of nitriles is 1. The fraction of sp³-hybridized carbons (Fsp3) is 0.533. The molecule has 0 aromatic heterocycles. The molecule has 1 aromatic rings. The van der Waals surface area contributed by atoms with E-state index >= 15 is 0 Å². The van der Waals surface area contributed by atoms with Gasteiger partial charge in [0, 0.05) is 19.6 Å². The van der Waals surface area contributed by atoms with E-state index in [1.807, 2.05) is 18.2 Å². The zero-order valence-electron chi connectivity index (χ0n) is 11.5. The Morgan fingerprint density at radius 1 is 1.37 bits per heavy atom. The van der Waals surface area contributed by atoms with Crippen LogP contribution in [0.5, 0.6) is 5.75 Å². The van der Waals surface area contributed by atoms with E-state index in [0.29, 0.717) is 11.3 Å². The van der Waals surface area contributed by atoms with Crippen LogP contribution in [-0.4, -0.2) is 38.2 Å². The Kier molecular flexibility index (Phi) is 5.20. The quantitative estimate of drug-likeness (QED) is 0.791. The Bertz CT molecular complexity index is 447. The van der Waals surface area contributed by atoms with Gasteiger partial charge >= 0.3 is 0 Å². The summed E-state index contributed by atoms with van der Waals surface area (Å²) in [6.07, 6.45) is 2.68. The van der Waals surface area contributed by atoms with Gasteiger partial charge in [0.05, 0.1) is 12.7 Å². The monoisotopic (exact) mass is 259 g/mol. The van der Waals surface area contributed by atoms with E-state index in [1.165, 1.54) is 25.9 Å². The van der Waals surface area contributed by atoms with Crippen molar-refractivity contribution in [1.29, 1.82) is 5.26 Å². The second kappa shape index (κ2) is 7.13. The van der Waals surface area contributed by atoms with Crippen molar-refractivity contribution < 1.29 is 4.74 Å². The molecule has 1 heterocycles. The smallest absolute Gasteiger partial charge is 0.136 e. The van der Waals surface area contributed by atoms with Gasteiger partial charge in [-0.3, -0.25) is 0 Å². The van der Waals surface area contributed by atoms with Gasteiger partial charge in [-0.15, -0.1) is 0 Å². The number of hydrogen-bond acceptors (Lipinski definition) is 4. The molecule has 19 heavy (non-hydrogen) atoms. The van der Waals surface area contributed by atoms with Crippen LogP contribution in [0.15, 0.2) is 18.2 Å². The lowest BCUT2D eigenvalue weighted by Crippen LogP contribution is -2.29. The summed E-state index contributed by atoms with van der Waals surface area (Å²) in [6, 6.07) is 7.85. The zero-order valence-corrected chi connectivity index (χ0v) is 11.5. The summed E-state index contributed by atoms with van der Waals surface area (Å²) in [5.41, 5.74) is 1.74. The first kappa shape index (κ1) is 13.9. The molecule has 1 aromatic carbocycles. The summed E-state index contributed by atoms with van der Waals surface area (Å²) in [5.74, 6) is 0.654. The maximum absolute atomic E-state index is 8.92. The lowest BCUT2D eigenvalue weighted by molar-refractivity contribution is 0.335. The molecule has 0 saturated carbocycles. The van der Waals surface area contributed by atoms with Crippen LogP contribution in [-0.2, 0) is 6.54 Å². The average Bonchev–Trinajstić information content (AvgIpc) is 2.96. The molecule has 0 amide bonds. The standard InChI is InChI=1S/C15H21N3O/c1-19-15-10-13(4-5-14(15)11-16)12-17-6-9-18-7-2-3-8-18/h4-5,10,17H,2-3,6-9,12H2,1H3. The lowest BCUT2D eigenvalue weighted by Gasteiger charge is -2.15. The minimum absolute atomic E-state index is 0.586. The van der Waals surface area contributed by atoms with Gasteiger partial charge in [-0.2, -0.15) is 5.26 Å². The number of hydrogen-bond donors (Lipinski definition) is 1. The van der Waals surface area contributed by atoms with Crippen LogP contribution in [0.4, 0.5) is 0 Å². The van der Waals surface area contributed by atoms with Gasteiger partial charge in [-0.05, 0) is 43.6 Å². The minimum atomic E-state index is 0.586. The Morgan fingerprint density at radius 2 is 2.16 bits per heavy atom. The molecule has 0 atom stereocenters. The molecule has 0 unspecified atom stereocenters. The lowest BCUT2D eigenvalue weighted by atomic mass is 10.1. The number of ether oxygens (including phenoxy) is 1. The molecule has 0 radical (unpaired) electrons. The Hall–Kier alpha value is -1.57. The van der Waals surface area contributed by atoms with Crippen molar-refractivity contribution in [3.8, 4) is 11.8 Å².